The molecular formula is C15H20INO3. The van der Waals surface area contributed by atoms with Crippen molar-refractivity contribution >= 4 is 40.2 Å². The largest absolute Gasteiger partial charge is 0.481 e. The quantitative estimate of drug-likeness (QED) is 0.727. The van der Waals surface area contributed by atoms with Crippen molar-refractivity contribution in [3.05, 3.63) is 27.3 Å². The van der Waals surface area contributed by atoms with E-state index in [0.29, 0.717) is 12.8 Å². The second-order valence-corrected chi connectivity index (χ2v) is 6.22. The number of hydrogen-bond acceptors (Lipinski definition) is 2. The van der Waals surface area contributed by atoms with E-state index in [2.05, 4.69) is 27.9 Å². The fourth-order valence-corrected chi connectivity index (χ4v) is 2.79. The number of carboxylic acids is 1. The number of amides is 1. The minimum Gasteiger partial charge on any atom is -0.481 e. The number of aliphatic carboxylic acids is 1. The fraction of sp³-hybridized carbons (Fsp3) is 0.467. The monoisotopic (exact) mass is 389 g/mol. The summed E-state index contributed by atoms with van der Waals surface area (Å²) in [6.07, 6.45) is 0.886. The van der Waals surface area contributed by atoms with E-state index in [1.807, 2.05) is 25.1 Å². The van der Waals surface area contributed by atoms with Crippen molar-refractivity contribution in [3.63, 3.8) is 0 Å². The lowest BCUT2D eigenvalue weighted by Crippen LogP contribution is -2.34. The maximum absolute atomic E-state index is 12.1. The molecule has 4 nitrogen and oxygen atoms in total. The number of rotatable bonds is 6. The van der Waals surface area contributed by atoms with Crippen molar-refractivity contribution in [1.29, 1.82) is 0 Å². The van der Waals surface area contributed by atoms with Gasteiger partial charge in [-0.05, 0) is 66.1 Å². The van der Waals surface area contributed by atoms with E-state index in [1.165, 1.54) is 0 Å². The van der Waals surface area contributed by atoms with Gasteiger partial charge in [0.05, 0.1) is 5.41 Å². The highest BCUT2D eigenvalue weighted by Gasteiger charge is 2.37. The molecule has 1 amide bonds. The predicted octanol–water partition coefficient (Wildman–Crippen LogP) is 3.82. The second-order valence-electron chi connectivity index (χ2n) is 4.98. The molecule has 5 heteroatoms. The minimum atomic E-state index is -0.971. The van der Waals surface area contributed by atoms with E-state index < -0.39 is 11.4 Å². The molecule has 0 aromatic heterocycles. The lowest BCUT2D eigenvalue weighted by Gasteiger charge is -2.26. The number of hydrogen-bond donors (Lipinski definition) is 2. The molecule has 0 unspecified atom stereocenters. The molecule has 0 spiro atoms. The van der Waals surface area contributed by atoms with Gasteiger partial charge in [-0.25, -0.2) is 0 Å². The Bertz CT molecular complexity index is 510. The van der Waals surface area contributed by atoms with Crippen LogP contribution in [0.25, 0.3) is 0 Å². The summed E-state index contributed by atoms with van der Waals surface area (Å²) in [4.78, 5) is 23.5. The third kappa shape index (κ3) is 3.94. The summed E-state index contributed by atoms with van der Waals surface area (Å²) in [5, 5.41) is 12.2. The fourth-order valence-electron chi connectivity index (χ4n) is 2.15. The van der Waals surface area contributed by atoms with Crippen LogP contribution < -0.4 is 5.32 Å². The van der Waals surface area contributed by atoms with Crippen LogP contribution in [0.5, 0.6) is 0 Å². The van der Waals surface area contributed by atoms with Gasteiger partial charge in [0.15, 0.2) is 0 Å². The third-order valence-electron chi connectivity index (χ3n) is 3.77. The Kier molecular flexibility index (Phi) is 5.98. The molecule has 1 rings (SSSR count). The van der Waals surface area contributed by atoms with Crippen LogP contribution in [0.2, 0.25) is 0 Å². The van der Waals surface area contributed by atoms with Gasteiger partial charge in [0.2, 0.25) is 5.91 Å². The zero-order valence-corrected chi connectivity index (χ0v) is 14.2. The number of carbonyl (C=O) groups is 2. The van der Waals surface area contributed by atoms with Crippen LogP contribution in [0.3, 0.4) is 0 Å². The summed E-state index contributed by atoms with van der Waals surface area (Å²) in [5.41, 5.74) is 0.738. The van der Waals surface area contributed by atoms with Crippen molar-refractivity contribution in [1.82, 2.24) is 0 Å². The van der Waals surface area contributed by atoms with Gasteiger partial charge in [-0.3, -0.25) is 9.59 Å². The van der Waals surface area contributed by atoms with Crippen LogP contribution in [-0.4, -0.2) is 17.0 Å². The maximum Gasteiger partial charge on any atom is 0.310 e. The molecule has 1 aromatic carbocycles. The average molecular weight is 389 g/mol. The first kappa shape index (κ1) is 16.9. The SMILES string of the molecule is CCC(CC)(CC(=O)Nc1ccc(I)cc1C)C(=O)O. The second kappa shape index (κ2) is 7.06. The van der Waals surface area contributed by atoms with Crippen molar-refractivity contribution in [2.24, 2.45) is 5.41 Å². The predicted molar refractivity (Wildman–Crippen MR) is 87.8 cm³/mol. The van der Waals surface area contributed by atoms with Crippen molar-refractivity contribution in [2.45, 2.75) is 40.0 Å². The highest BCUT2D eigenvalue weighted by molar-refractivity contribution is 14.1. The number of aryl methyl sites for hydroxylation is 1. The molecule has 0 saturated heterocycles. The smallest absolute Gasteiger partial charge is 0.310 e. The number of benzene rings is 1. The van der Waals surface area contributed by atoms with Crippen LogP contribution in [0.1, 0.15) is 38.7 Å². The lowest BCUT2D eigenvalue weighted by atomic mass is 9.79. The Morgan fingerprint density at radius 2 is 1.90 bits per heavy atom. The van der Waals surface area contributed by atoms with Gasteiger partial charge in [0.1, 0.15) is 0 Å². The molecule has 0 bridgehead atoms. The average Bonchev–Trinajstić information content (AvgIpc) is 2.39. The van der Waals surface area contributed by atoms with Crippen LogP contribution in [0.15, 0.2) is 18.2 Å². The molecule has 0 saturated carbocycles. The summed E-state index contributed by atoms with van der Waals surface area (Å²) in [6.45, 7) is 5.53. The molecule has 0 fully saturated rings. The van der Waals surface area contributed by atoms with E-state index >= 15 is 0 Å². The summed E-state index contributed by atoms with van der Waals surface area (Å²) in [5.74, 6) is -1.16. The van der Waals surface area contributed by atoms with Crippen LogP contribution in [0, 0.1) is 15.9 Å². The molecule has 0 aliphatic heterocycles. The van der Waals surface area contributed by atoms with Gasteiger partial charge in [0.25, 0.3) is 0 Å². The number of anilines is 1. The molecule has 0 aliphatic carbocycles. The summed E-state index contributed by atoms with van der Waals surface area (Å²) in [7, 11) is 0. The Balaban J connectivity index is 2.83. The third-order valence-corrected chi connectivity index (χ3v) is 4.44. The van der Waals surface area contributed by atoms with Crippen molar-refractivity contribution in [3.8, 4) is 0 Å². The van der Waals surface area contributed by atoms with E-state index in [-0.39, 0.29) is 12.3 Å². The molecule has 2 N–H and O–H groups in total. The van der Waals surface area contributed by atoms with E-state index in [1.54, 1.807) is 13.8 Å². The molecule has 20 heavy (non-hydrogen) atoms. The molecule has 0 radical (unpaired) electrons. The number of nitrogens with one attached hydrogen (secondary N) is 1. The van der Waals surface area contributed by atoms with E-state index in [9.17, 15) is 14.7 Å². The molecule has 0 atom stereocenters. The molecule has 110 valence electrons. The zero-order chi connectivity index (χ0) is 15.3. The molecule has 1 aromatic rings. The normalized spacial score (nSPS) is 11.2. The summed E-state index contributed by atoms with van der Waals surface area (Å²) >= 11 is 2.21. The Morgan fingerprint density at radius 3 is 2.35 bits per heavy atom. The van der Waals surface area contributed by atoms with Crippen molar-refractivity contribution in [2.75, 3.05) is 5.32 Å². The molecule has 0 aliphatic rings. The number of carbonyl (C=O) groups excluding carboxylic acids is 1. The van der Waals surface area contributed by atoms with Crippen LogP contribution >= 0.6 is 22.6 Å². The van der Waals surface area contributed by atoms with Gasteiger partial charge in [0, 0.05) is 15.7 Å². The Morgan fingerprint density at radius 1 is 1.30 bits per heavy atom. The first-order valence-electron chi connectivity index (χ1n) is 6.64. The zero-order valence-electron chi connectivity index (χ0n) is 12.0. The molecular weight excluding hydrogens is 369 g/mol. The van der Waals surface area contributed by atoms with E-state index in [0.717, 1.165) is 14.8 Å². The first-order valence-corrected chi connectivity index (χ1v) is 7.72. The highest BCUT2D eigenvalue weighted by Crippen LogP contribution is 2.31. The van der Waals surface area contributed by atoms with Gasteiger partial charge < -0.3 is 10.4 Å². The Labute approximate surface area is 133 Å². The highest BCUT2D eigenvalue weighted by atomic mass is 127. The molecule has 0 heterocycles. The topological polar surface area (TPSA) is 66.4 Å². The minimum absolute atomic E-state index is 0.000754. The number of halogens is 1. The lowest BCUT2D eigenvalue weighted by molar-refractivity contribution is -0.151. The van der Waals surface area contributed by atoms with Crippen LogP contribution in [0.4, 0.5) is 5.69 Å². The van der Waals surface area contributed by atoms with E-state index in [4.69, 9.17) is 0 Å². The Hall–Kier alpha value is -1.11. The van der Waals surface area contributed by atoms with Gasteiger partial charge >= 0.3 is 5.97 Å². The van der Waals surface area contributed by atoms with Crippen molar-refractivity contribution < 1.29 is 14.7 Å². The van der Waals surface area contributed by atoms with Gasteiger partial charge in [-0.15, -0.1) is 0 Å². The number of carboxylic acid groups (broad SMARTS) is 1. The van der Waals surface area contributed by atoms with Crippen LogP contribution in [-0.2, 0) is 9.59 Å². The summed E-state index contributed by atoms with van der Waals surface area (Å²) < 4.78 is 1.10. The first-order chi connectivity index (χ1) is 9.34. The maximum atomic E-state index is 12.1. The van der Waals surface area contributed by atoms with Gasteiger partial charge in [-0.2, -0.15) is 0 Å². The standard InChI is InChI=1S/C15H20INO3/c1-4-15(5-2,14(19)20)9-13(18)17-12-7-6-11(16)8-10(12)3/h6-8H,4-5,9H2,1-3H3,(H,17,18)(H,19,20). The summed E-state index contributed by atoms with van der Waals surface area (Å²) in [6, 6.07) is 5.73. The van der Waals surface area contributed by atoms with Gasteiger partial charge in [-0.1, -0.05) is 13.8 Å².